The second-order valence-electron chi connectivity index (χ2n) is 10.1. The Hall–Kier alpha value is -5.21. The van der Waals surface area contributed by atoms with Crippen molar-refractivity contribution in [2.24, 2.45) is 0 Å². The van der Waals surface area contributed by atoms with E-state index >= 15 is 0 Å². The van der Waals surface area contributed by atoms with E-state index in [-0.39, 0.29) is 22.2 Å². The number of nitriles is 1. The second-order valence-corrected chi connectivity index (χ2v) is 12.8. The molecule has 5 aromatic rings. The highest BCUT2D eigenvalue weighted by atomic mass is 35.5. The van der Waals surface area contributed by atoms with E-state index in [1.807, 2.05) is 35.7 Å². The van der Waals surface area contributed by atoms with Crippen LogP contribution in [0.3, 0.4) is 0 Å². The number of thiophene rings is 1. The molecular weight excluding hydrogens is 655 g/mol. The number of benzene rings is 4. The van der Waals surface area contributed by atoms with E-state index in [0.29, 0.717) is 26.7 Å². The summed E-state index contributed by atoms with van der Waals surface area (Å²) >= 11 is 8.75. The molecule has 3 amide bonds. The van der Waals surface area contributed by atoms with E-state index in [1.165, 1.54) is 47.4 Å². The van der Waals surface area contributed by atoms with Crippen molar-refractivity contribution >= 4 is 69.2 Å². The molecule has 0 bridgehead atoms. The van der Waals surface area contributed by atoms with E-state index in [1.54, 1.807) is 61.5 Å². The number of nitrogens with zero attached hydrogens (tertiary/aromatic N) is 1. The van der Waals surface area contributed by atoms with Crippen LogP contribution in [0.4, 0.5) is 15.1 Å². The smallest absolute Gasteiger partial charge is 0.272 e. The molecule has 47 heavy (non-hydrogen) atoms. The van der Waals surface area contributed by atoms with Gasteiger partial charge in [-0.15, -0.1) is 23.1 Å². The number of hydrogen-bond donors (Lipinski definition) is 3. The molecule has 0 aliphatic carbocycles. The van der Waals surface area contributed by atoms with E-state index in [4.69, 9.17) is 11.6 Å². The zero-order chi connectivity index (χ0) is 33.3. The van der Waals surface area contributed by atoms with Gasteiger partial charge in [0.1, 0.15) is 22.6 Å². The summed E-state index contributed by atoms with van der Waals surface area (Å²) in [6.45, 7) is 1.74. The van der Waals surface area contributed by atoms with Gasteiger partial charge in [0.05, 0.1) is 15.8 Å². The van der Waals surface area contributed by atoms with E-state index < -0.39 is 22.9 Å². The Balaban J connectivity index is 1.30. The molecule has 5 rings (SSSR count). The lowest BCUT2D eigenvalue weighted by Gasteiger charge is -2.14. The molecule has 1 heterocycles. The Morgan fingerprint density at radius 2 is 1.64 bits per heavy atom. The standard InChI is InChI=1S/C36H26ClFN4O3S2/c1-22(33(43)42-36-28(20-39)29(21-46-36)23-10-4-2-5-11-23)47-26-15-8-14-25(18-26)40-35(45)32(19-27-30(37)16-9-17-31(27)38)41-34(44)24-12-6-3-7-13-24/h2-19,21-22H,1H3,(H,40,45)(H,41,44)(H,42,43)/b32-19+. The molecule has 234 valence electrons. The van der Waals surface area contributed by atoms with Crippen LogP contribution in [-0.4, -0.2) is 23.0 Å². The van der Waals surface area contributed by atoms with Crippen LogP contribution in [0, 0.1) is 17.1 Å². The third-order valence-corrected chi connectivity index (χ3v) is 9.13. The monoisotopic (exact) mass is 680 g/mol. The van der Waals surface area contributed by atoms with Gasteiger partial charge >= 0.3 is 0 Å². The molecule has 0 radical (unpaired) electrons. The molecule has 1 aromatic heterocycles. The maximum atomic E-state index is 14.6. The van der Waals surface area contributed by atoms with Crippen LogP contribution in [0.5, 0.6) is 0 Å². The predicted octanol–water partition coefficient (Wildman–Crippen LogP) is 8.61. The Labute approximate surface area is 284 Å². The number of halogens is 2. The second kappa shape index (κ2) is 15.4. The van der Waals surface area contributed by atoms with Gasteiger partial charge in [-0.1, -0.05) is 72.3 Å². The third-order valence-electron chi connectivity index (χ3n) is 6.82. The summed E-state index contributed by atoms with van der Waals surface area (Å²) in [5.74, 6) is -2.23. The van der Waals surface area contributed by atoms with Gasteiger partial charge in [0.15, 0.2) is 0 Å². The summed E-state index contributed by atoms with van der Waals surface area (Å²) < 4.78 is 14.6. The molecule has 7 nitrogen and oxygen atoms in total. The van der Waals surface area contributed by atoms with Gasteiger partial charge in [0.2, 0.25) is 5.91 Å². The number of carbonyl (C=O) groups excluding carboxylic acids is 3. The van der Waals surface area contributed by atoms with Gasteiger partial charge in [-0.05, 0) is 61.0 Å². The summed E-state index contributed by atoms with van der Waals surface area (Å²) in [7, 11) is 0. The first-order chi connectivity index (χ1) is 22.7. The van der Waals surface area contributed by atoms with Gasteiger partial charge in [-0.25, -0.2) is 4.39 Å². The molecule has 0 spiro atoms. The van der Waals surface area contributed by atoms with E-state index in [2.05, 4.69) is 22.0 Å². The molecule has 11 heteroatoms. The average Bonchev–Trinajstić information content (AvgIpc) is 3.49. The van der Waals surface area contributed by atoms with Crippen LogP contribution in [0.25, 0.3) is 17.2 Å². The van der Waals surface area contributed by atoms with Crippen LogP contribution < -0.4 is 16.0 Å². The van der Waals surface area contributed by atoms with Gasteiger partial charge in [-0.2, -0.15) is 5.26 Å². The molecule has 1 unspecified atom stereocenters. The quantitative estimate of drug-likeness (QED) is 0.101. The first-order valence-corrected chi connectivity index (χ1v) is 16.3. The lowest BCUT2D eigenvalue weighted by molar-refractivity contribution is -0.115. The highest BCUT2D eigenvalue weighted by Crippen LogP contribution is 2.36. The maximum Gasteiger partial charge on any atom is 0.272 e. The van der Waals surface area contributed by atoms with E-state index in [0.717, 1.165) is 11.1 Å². The summed E-state index contributed by atoms with van der Waals surface area (Å²) in [5, 5.41) is 19.8. The number of anilines is 2. The molecule has 1 atom stereocenters. The summed E-state index contributed by atoms with van der Waals surface area (Å²) in [4.78, 5) is 40.2. The molecule has 0 fully saturated rings. The lowest BCUT2D eigenvalue weighted by atomic mass is 10.1. The Morgan fingerprint density at radius 1 is 0.936 bits per heavy atom. The minimum absolute atomic E-state index is 0.0574. The summed E-state index contributed by atoms with van der Waals surface area (Å²) in [5.41, 5.74) is 2.44. The van der Waals surface area contributed by atoms with Crippen molar-refractivity contribution in [3.05, 3.63) is 142 Å². The predicted molar refractivity (Wildman–Crippen MR) is 187 cm³/mol. The normalized spacial score (nSPS) is 11.7. The Kier molecular flexibility index (Phi) is 10.9. The van der Waals surface area contributed by atoms with Gasteiger partial charge in [0.25, 0.3) is 11.8 Å². The van der Waals surface area contributed by atoms with Crippen molar-refractivity contribution in [2.75, 3.05) is 10.6 Å². The topological polar surface area (TPSA) is 111 Å². The molecule has 0 aliphatic rings. The van der Waals surface area contributed by atoms with Gasteiger partial charge in [-0.3, -0.25) is 14.4 Å². The fourth-order valence-electron chi connectivity index (χ4n) is 4.44. The zero-order valence-electron chi connectivity index (χ0n) is 24.8. The molecule has 0 saturated heterocycles. The van der Waals surface area contributed by atoms with Crippen molar-refractivity contribution in [2.45, 2.75) is 17.1 Å². The summed E-state index contributed by atoms with van der Waals surface area (Å²) in [6.07, 6.45) is 1.18. The number of hydrogen-bond acceptors (Lipinski definition) is 6. The van der Waals surface area contributed by atoms with Crippen molar-refractivity contribution < 1.29 is 18.8 Å². The lowest BCUT2D eigenvalue weighted by Crippen LogP contribution is -2.30. The first-order valence-electron chi connectivity index (χ1n) is 14.2. The van der Waals surface area contributed by atoms with Crippen molar-refractivity contribution in [3.63, 3.8) is 0 Å². The third kappa shape index (κ3) is 8.34. The molecule has 3 N–H and O–H groups in total. The van der Waals surface area contributed by atoms with Crippen LogP contribution in [0.1, 0.15) is 28.4 Å². The number of amides is 3. The molecule has 0 saturated carbocycles. The van der Waals surface area contributed by atoms with Gasteiger partial charge < -0.3 is 16.0 Å². The summed E-state index contributed by atoms with van der Waals surface area (Å²) in [6, 6.07) is 30.9. The SMILES string of the molecule is CC(Sc1cccc(NC(=O)/C(=C\c2c(F)cccc2Cl)NC(=O)c2ccccc2)c1)C(=O)Nc1scc(-c2ccccc2)c1C#N. The maximum absolute atomic E-state index is 14.6. The fourth-order valence-corrected chi connectivity index (χ4v) is 6.51. The van der Waals surface area contributed by atoms with E-state index in [9.17, 15) is 24.0 Å². The number of nitrogens with one attached hydrogen (secondary N) is 3. The Bertz CT molecular complexity index is 1990. The van der Waals surface area contributed by atoms with Crippen LogP contribution in [-0.2, 0) is 9.59 Å². The number of carbonyl (C=O) groups is 3. The minimum atomic E-state index is -0.711. The van der Waals surface area contributed by atoms with Crippen LogP contribution >= 0.6 is 34.7 Å². The van der Waals surface area contributed by atoms with Gasteiger partial charge in [0, 0.05) is 32.7 Å². The zero-order valence-corrected chi connectivity index (χ0v) is 27.2. The van der Waals surface area contributed by atoms with Crippen molar-refractivity contribution in [1.29, 1.82) is 5.26 Å². The highest BCUT2D eigenvalue weighted by molar-refractivity contribution is 8.00. The first kappa shape index (κ1) is 33.2. The van der Waals surface area contributed by atoms with Crippen molar-refractivity contribution in [3.8, 4) is 17.2 Å². The molecule has 4 aromatic carbocycles. The largest absolute Gasteiger partial charge is 0.321 e. The Morgan fingerprint density at radius 3 is 2.34 bits per heavy atom. The van der Waals surface area contributed by atoms with Crippen LogP contribution in [0.15, 0.2) is 119 Å². The van der Waals surface area contributed by atoms with Crippen LogP contribution in [0.2, 0.25) is 5.02 Å². The van der Waals surface area contributed by atoms with Crippen molar-refractivity contribution in [1.82, 2.24) is 5.32 Å². The number of rotatable bonds is 10. The average molecular weight is 681 g/mol. The molecular formula is C36H26ClFN4O3S2. The highest BCUT2D eigenvalue weighted by Gasteiger charge is 2.21. The fraction of sp³-hybridized carbons (Fsp3) is 0.0556. The molecule has 0 aliphatic heterocycles. The number of thioether (sulfide) groups is 1. The minimum Gasteiger partial charge on any atom is -0.321 e.